The summed E-state index contributed by atoms with van der Waals surface area (Å²) in [5, 5.41) is 8.71. The summed E-state index contributed by atoms with van der Waals surface area (Å²) < 4.78 is 21.4. The first kappa shape index (κ1) is 17.9. The van der Waals surface area contributed by atoms with Gasteiger partial charge in [-0.15, -0.1) is 0 Å². The Morgan fingerprint density at radius 3 is 2.67 bits per heavy atom. The molecule has 1 aliphatic heterocycles. The molecule has 142 valence electrons. The zero-order valence-corrected chi connectivity index (χ0v) is 16.3. The van der Waals surface area contributed by atoms with E-state index in [1.54, 1.807) is 6.07 Å². The molecule has 3 aromatic rings. The first-order chi connectivity index (χ1) is 12.9. The number of aryl methyl sites for hydroxylation is 4. The summed E-state index contributed by atoms with van der Waals surface area (Å²) in [6.07, 6.45) is 2.17. The van der Waals surface area contributed by atoms with E-state index in [1.165, 1.54) is 11.6 Å². The van der Waals surface area contributed by atoms with Gasteiger partial charge in [0.05, 0.1) is 17.1 Å². The van der Waals surface area contributed by atoms with Gasteiger partial charge in [-0.3, -0.25) is 4.90 Å². The van der Waals surface area contributed by atoms with Crippen LogP contribution < -0.4 is 0 Å². The highest BCUT2D eigenvalue weighted by Crippen LogP contribution is 2.37. The number of nitrogens with zero attached hydrogens (tertiary/aromatic N) is 4. The quantitative estimate of drug-likeness (QED) is 0.677. The molecule has 1 aromatic carbocycles. The summed E-state index contributed by atoms with van der Waals surface area (Å²) >= 11 is 0. The average Bonchev–Trinajstić information content (AvgIpc) is 3.28. The van der Waals surface area contributed by atoms with Crippen molar-refractivity contribution in [1.82, 2.24) is 19.8 Å². The highest BCUT2D eigenvalue weighted by atomic mass is 19.1. The van der Waals surface area contributed by atoms with Gasteiger partial charge in [0.2, 0.25) is 0 Å². The number of benzene rings is 1. The van der Waals surface area contributed by atoms with Gasteiger partial charge >= 0.3 is 0 Å². The Hall–Kier alpha value is -2.47. The van der Waals surface area contributed by atoms with Gasteiger partial charge in [0, 0.05) is 23.8 Å². The first-order valence-electron chi connectivity index (χ1n) is 9.43. The Morgan fingerprint density at radius 1 is 1.19 bits per heavy atom. The maximum atomic E-state index is 14.1. The minimum absolute atomic E-state index is 0.219. The molecular weight excluding hydrogens is 343 g/mol. The second kappa shape index (κ2) is 6.93. The van der Waals surface area contributed by atoms with Gasteiger partial charge in [-0.1, -0.05) is 5.16 Å². The molecule has 1 atom stereocenters. The number of likely N-dealkylation sites (tertiary alicyclic amines) is 1. The van der Waals surface area contributed by atoms with E-state index in [0.717, 1.165) is 53.5 Å². The molecule has 0 amide bonds. The maximum absolute atomic E-state index is 14.1. The van der Waals surface area contributed by atoms with E-state index in [4.69, 9.17) is 4.52 Å². The molecule has 6 heteroatoms. The van der Waals surface area contributed by atoms with Crippen LogP contribution in [-0.2, 0) is 6.54 Å². The SMILES string of the molecule is Cc1cc(C)n(-c2ccc(F)cc2CN2CCC[C@H]2c2c(C)noc2C)n1. The number of rotatable bonds is 4. The van der Waals surface area contributed by atoms with Gasteiger partial charge in [-0.2, -0.15) is 5.10 Å². The van der Waals surface area contributed by atoms with Gasteiger partial charge in [0.1, 0.15) is 11.6 Å². The second-order valence-corrected chi connectivity index (χ2v) is 7.48. The van der Waals surface area contributed by atoms with E-state index >= 15 is 0 Å². The second-order valence-electron chi connectivity index (χ2n) is 7.48. The van der Waals surface area contributed by atoms with E-state index < -0.39 is 0 Å². The van der Waals surface area contributed by atoms with Gasteiger partial charge in [-0.25, -0.2) is 9.07 Å². The van der Waals surface area contributed by atoms with Gasteiger partial charge in [0.25, 0.3) is 0 Å². The predicted octanol–water partition coefficient (Wildman–Crippen LogP) is 4.57. The lowest BCUT2D eigenvalue weighted by Gasteiger charge is -2.25. The molecule has 0 saturated carbocycles. The highest BCUT2D eigenvalue weighted by Gasteiger charge is 2.31. The molecule has 0 N–H and O–H groups in total. The molecule has 0 bridgehead atoms. The molecule has 1 saturated heterocycles. The fraction of sp³-hybridized carbons (Fsp3) is 0.429. The third kappa shape index (κ3) is 3.30. The molecule has 1 fully saturated rings. The van der Waals surface area contributed by atoms with Crippen molar-refractivity contribution in [3.63, 3.8) is 0 Å². The molecule has 0 aliphatic carbocycles. The lowest BCUT2D eigenvalue weighted by atomic mass is 10.0. The van der Waals surface area contributed by atoms with Gasteiger partial charge in [0.15, 0.2) is 0 Å². The zero-order valence-electron chi connectivity index (χ0n) is 16.3. The Kier molecular flexibility index (Phi) is 4.60. The van der Waals surface area contributed by atoms with Crippen molar-refractivity contribution in [2.24, 2.45) is 0 Å². The Labute approximate surface area is 158 Å². The van der Waals surface area contributed by atoms with E-state index in [1.807, 2.05) is 44.5 Å². The molecule has 5 nitrogen and oxygen atoms in total. The van der Waals surface area contributed by atoms with Gasteiger partial charge in [-0.05, 0) is 76.9 Å². The van der Waals surface area contributed by atoms with Crippen LogP contribution in [0.3, 0.4) is 0 Å². The summed E-state index contributed by atoms with van der Waals surface area (Å²) in [7, 11) is 0. The summed E-state index contributed by atoms with van der Waals surface area (Å²) in [6.45, 7) is 9.60. The Bertz CT molecular complexity index is 955. The summed E-state index contributed by atoms with van der Waals surface area (Å²) in [6, 6.07) is 7.26. The van der Waals surface area contributed by atoms with Crippen LogP contribution >= 0.6 is 0 Å². The molecule has 4 rings (SSSR count). The third-order valence-corrected chi connectivity index (χ3v) is 5.44. The number of hydrogen-bond donors (Lipinski definition) is 0. The van der Waals surface area contributed by atoms with Crippen molar-refractivity contribution in [3.8, 4) is 5.69 Å². The molecule has 1 aliphatic rings. The molecule has 0 unspecified atom stereocenters. The van der Waals surface area contributed by atoms with Crippen molar-refractivity contribution in [2.45, 2.75) is 53.1 Å². The predicted molar refractivity (Wildman–Crippen MR) is 101 cm³/mol. The summed E-state index contributed by atoms with van der Waals surface area (Å²) in [5.74, 6) is 0.658. The van der Waals surface area contributed by atoms with Crippen molar-refractivity contribution >= 4 is 0 Å². The number of aromatic nitrogens is 3. The largest absolute Gasteiger partial charge is 0.361 e. The molecule has 2 aromatic heterocycles. The molecule has 27 heavy (non-hydrogen) atoms. The fourth-order valence-electron chi connectivity index (χ4n) is 4.29. The lowest BCUT2D eigenvalue weighted by Crippen LogP contribution is -2.24. The standard InChI is InChI=1S/C21H25FN4O/c1-13-10-14(2)26(23-13)19-8-7-18(22)11-17(19)12-25-9-5-6-20(25)21-15(3)24-27-16(21)4/h7-8,10-11,20H,5-6,9,12H2,1-4H3/t20-/m0/s1. The first-order valence-corrected chi connectivity index (χ1v) is 9.43. The van der Waals surface area contributed by atoms with Gasteiger partial charge < -0.3 is 4.52 Å². The van der Waals surface area contributed by atoms with E-state index in [9.17, 15) is 4.39 Å². The summed E-state index contributed by atoms with van der Waals surface area (Å²) in [5.41, 5.74) is 6.01. The van der Waals surface area contributed by atoms with E-state index in [2.05, 4.69) is 15.2 Å². The lowest BCUT2D eigenvalue weighted by molar-refractivity contribution is 0.245. The molecule has 0 spiro atoms. The Morgan fingerprint density at radius 2 is 2.00 bits per heavy atom. The average molecular weight is 368 g/mol. The van der Waals surface area contributed by atoms with Crippen molar-refractivity contribution in [3.05, 3.63) is 64.1 Å². The highest BCUT2D eigenvalue weighted by molar-refractivity contribution is 5.42. The van der Waals surface area contributed by atoms with Crippen LogP contribution in [0.1, 0.15) is 52.9 Å². The van der Waals surface area contributed by atoms with Crippen LogP contribution in [0.15, 0.2) is 28.8 Å². The van der Waals surface area contributed by atoms with Crippen molar-refractivity contribution in [2.75, 3.05) is 6.54 Å². The molecular formula is C21H25FN4O. The topological polar surface area (TPSA) is 47.1 Å². The van der Waals surface area contributed by atoms with Crippen LogP contribution in [0, 0.1) is 33.5 Å². The Balaban J connectivity index is 1.70. The third-order valence-electron chi connectivity index (χ3n) is 5.44. The minimum atomic E-state index is -0.219. The van der Waals surface area contributed by atoms with E-state index in [0.29, 0.717) is 6.54 Å². The van der Waals surface area contributed by atoms with Crippen LogP contribution in [0.25, 0.3) is 5.69 Å². The fourth-order valence-corrected chi connectivity index (χ4v) is 4.29. The van der Waals surface area contributed by atoms with E-state index in [-0.39, 0.29) is 11.9 Å². The van der Waals surface area contributed by atoms with Crippen molar-refractivity contribution in [1.29, 1.82) is 0 Å². The maximum Gasteiger partial charge on any atom is 0.138 e. The van der Waals surface area contributed by atoms with Crippen LogP contribution in [0.4, 0.5) is 4.39 Å². The van der Waals surface area contributed by atoms with Crippen molar-refractivity contribution < 1.29 is 8.91 Å². The monoisotopic (exact) mass is 368 g/mol. The smallest absolute Gasteiger partial charge is 0.138 e. The normalized spacial score (nSPS) is 17.7. The van der Waals surface area contributed by atoms with Crippen LogP contribution in [0.2, 0.25) is 0 Å². The summed E-state index contributed by atoms with van der Waals surface area (Å²) in [4.78, 5) is 2.40. The number of hydrogen-bond acceptors (Lipinski definition) is 4. The van der Waals surface area contributed by atoms with Crippen LogP contribution in [-0.4, -0.2) is 26.4 Å². The zero-order chi connectivity index (χ0) is 19.1. The van der Waals surface area contributed by atoms with Crippen LogP contribution in [0.5, 0.6) is 0 Å². The molecule has 3 heterocycles. The number of halogens is 1. The molecule has 0 radical (unpaired) electrons. The minimum Gasteiger partial charge on any atom is -0.361 e.